The molecule has 0 saturated carbocycles. The van der Waals surface area contributed by atoms with E-state index >= 15 is 0 Å². The molecular weight excluding hydrogens is 374 g/mol. The molecule has 30 heavy (non-hydrogen) atoms. The van der Waals surface area contributed by atoms with Crippen molar-refractivity contribution in [3.63, 3.8) is 0 Å². The molecule has 2 aromatic carbocycles. The van der Waals surface area contributed by atoms with Crippen LogP contribution in [0.5, 0.6) is 0 Å². The van der Waals surface area contributed by atoms with Gasteiger partial charge >= 0.3 is 0 Å². The summed E-state index contributed by atoms with van der Waals surface area (Å²) in [6, 6.07) is 17.9. The summed E-state index contributed by atoms with van der Waals surface area (Å²) in [7, 11) is 0. The molecule has 1 aliphatic heterocycles. The number of benzene rings is 2. The van der Waals surface area contributed by atoms with Crippen molar-refractivity contribution in [2.75, 3.05) is 6.54 Å². The van der Waals surface area contributed by atoms with Crippen LogP contribution in [0.25, 0.3) is 10.9 Å². The van der Waals surface area contributed by atoms with Crippen LogP contribution in [-0.4, -0.2) is 39.8 Å². The zero-order valence-electron chi connectivity index (χ0n) is 17.4. The van der Waals surface area contributed by atoms with E-state index in [0.29, 0.717) is 13.0 Å². The van der Waals surface area contributed by atoms with Gasteiger partial charge in [-0.2, -0.15) is 0 Å². The molecule has 2 heterocycles. The fourth-order valence-corrected chi connectivity index (χ4v) is 4.51. The smallest absolute Gasteiger partial charge is 0.250 e. The quantitative estimate of drug-likeness (QED) is 0.620. The molecule has 0 saturated heterocycles. The lowest BCUT2D eigenvalue weighted by Gasteiger charge is -2.38. The molecule has 2 atom stereocenters. The van der Waals surface area contributed by atoms with Gasteiger partial charge in [0, 0.05) is 43.0 Å². The van der Waals surface area contributed by atoms with E-state index < -0.39 is 5.54 Å². The summed E-state index contributed by atoms with van der Waals surface area (Å²) in [6.07, 6.45) is 7.01. The second kappa shape index (κ2) is 8.19. The maximum atomic E-state index is 13.5. The Balaban J connectivity index is 1.54. The molecule has 0 spiro atoms. The van der Waals surface area contributed by atoms with Gasteiger partial charge in [0.25, 0.3) is 0 Å². The van der Waals surface area contributed by atoms with Crippen molar-refractivity contribution in [1.82, 2.24) is 15.2 Å². The van der Waals surface area contributed by atoms with E-state index in [1.165, 1.54) is 17.9 Å². The number of amides is 2. The highest BCUT2D eigenvalue weighted by Gasteiger charge is 2.48. The van der Waals surface area contributed by atoms with Gasteiger partial charge in [0.15, 0.2) is 0 Å². The van der Waals surface area contributed by atoms with Crippen molar-refractivity contribution >= 4 is 22.7 Å². The standard InChI is InChI=1S/C25H27N3O2/c1-18-12-14-25(28(18)19(2)29,16-20-8-4-3-5-9-20)24(30)26-15-13-21-17-27-23-11-7-6-10-22(21)23/h3-12,14,17-18,27H,13,15-16H2,1-2H3,(H,26,30)/t18?,25-/m0/s1. The van der Waals surface area contributed by atoms with Crippen LogP contribution in [0.15, 0.2) is 72.9 Å². The third-order valence-corrected chi connectivity index (χ3v) is 5.89. The van der Waals surface area contributed by atoms with Gasteiger partial charge in [-0.1, -0.05) is 60.7 Å². The van der Waals surface area contributed by atoms with Crippen LogP contribution >= 0.6 is 0 Å². The highest BCUT2D eigenvalue weighted by molar-refractivity contribution is 5.94. The Labute approximate surface area is 176 Å². The number of hydrogen-bond donors (Lipinski definition) is 2. The molecule has 2 amide bonds. The first-order valence-corrected chi connectivity index (χ1v) is 10.4. The molecule has 5 nitrogen and oxygen atoms in total. The van der Waals surface area contributed by atoms with Crippen molar-refractivity contribution in [3.8, 4) is 0 Å². The van der Waals surface area contributed by atoms with E-state index in [1.807, 2.05) is 73.8 Å². The Morgan fingerprint density at radius 1 is 1.10 bits per heavy atom. The van der Waals surface area contributed by atoms with E-state index in [-0.39, 0.29) is 17.9 Å². The number of nitrogens with zero attached hydrogens (tertiary/aromatic N) is 1. The van der Waals surface area contributed by atoms with Crippen LogP contribution in [0, 0.1) is 0 Å². The van der Waals surface area contributed by atoms with Crippen molar-refractivity contribution in [2.24, 2.45) is 0 Å². The summed E-state index contributed by atoms with van der Waals surface area (Å²) < 4.78 is 0. The predicted octanol–water partition coefficient (Wildman–Crippen LogP) is 3.61. The molecule has 4 rings (SSSR count). The van der Waals surface area contributed by atoms with E-state index in [9.17, 15) is 9.59 Å². The highest BCUT2D eigenvalue weighted by Crippen LogP contribution is 2.32. The van der Waals surface area contributed by atoms with Gasteiger partial charge in [0.2, 0.25) is 11.8 Å². The summed E-state index contributed by atoms with van der Waals surface area (Å²) in [5.74, 6) is -0.239. The third-order valence-electron chi connectivity index (χ3n) is 5.89. The van der Waals surface area contributed by atoms with Crippen molar-refractivity contribution in [2.45, 2.75) is 38.3 Å². The number of carbonyl (C=O) groups excluding carboxylic acids is 2. The first-order valence-electron chi connectivity index (χ1n) is 10.4. The molecule has 0 bridgehead atoms. The van der Waals surface area contributed by atoms with Gasteiger partial charge in [-0.3, -0.25) is 9.59 Å². The molecular formula is C25H27N3O2. The topological polar surface area (TPSA) is 65.2 Å². The molecule has 0 radical (unpaired) electrons. The Bertz CT molecular complexity index is 1090. The lowest BCUT2D eigenvalue weighted by molar-refractivity contribution is -0.143. The molecule has 154 valence electrons. The van der Waals surface area contributed by atoms with E-state index in [2.05, 4.69) is 16.4 Å². The molecule has 1 aromatic heterocycles. The first-order chi connectivity index (χ1) is 14.5. The number of rotatable bonds is 6. The molecule has 5 heteroatoms. The van der Waals surface area contributed by atoms with Crippen molar-refractivity contribution < 1.29 is 9.59 Å². The maximum Gasteiger partial charge on any atom is 0.250 e. The van der Waals surface area contributed by atoms with Gasteiger partial charge in [-0.25, -0.2) is 0 Å². The molecule has 3 aromatic rings. The van der Waals surface area contributed by atoms with E-state index in [0.717, 1.165) is 17.5 Å². The average molecular weight is 402 g/mol. The molecule has 0 aliphatic carbocycles. The summed E-state index contributed by atoms with van der Waals surface area (Å²) in [5, 5.41) is 4.27. The maximum absolute atomic E-state index is 13.5. The monoisotopic (exact) mass is 401 g/mol. The van der Waals surface area contributed by atoms with Crippen LogP contribution in [0.3, 0.4) is 0 Å². The summed E-state index contributed by atoms with van der Waals surface area (Å²) in [4.78, 5) is 30.9. The van der Waals surface area contributed by atoms with Crippen LogP contribution in [0.2, 0.25) is 0 Å². The van der Waals surface area contributed by atoms with Crippen LogP contribution < -0.4 is 5.32 Å². The first kappa shape index (κ1) is 20.0. The zero-order chi connectivity index (χ0) is 21.1. The molecule has 1 aliphatic rings. The normalized spacial score (nSPS) is 20.6. The SMILES string of the molecule is CC(=O)N1C(C)C=C[C@]1(Cc1ccccc1)C(=O)NCCc1c[nH]c2ccccc12. The Morgan fingerprint density at radius 3 is 2.60 bits per heavy atom. The number of carbonyl (C=O) groups is 2. The summed E-state index contributed by atoms with van der Waals surface area (Å²) in [6.45, 7) is 3.98. The third kappa shape index (κ3) is 3.63. The van der Waals surface area contributed by atoms with Gasteiger partial charge in [-0.05, 0) is 30.5 Å². The molecule has 1 unspecified atom stereocenters. The van der Waals surface area contributed by atoms with Gasteiger partial charge in [-0.15, -0.1) is 0 Å². The number of hydrogen-bond acceptors (Lipinski definition) is 2. The fourth-order valence-electron chi connectivity index (χ4n) is 4.51. The number of aromatic nitrogens is 1. The second-order valence-electron chi connectivity index (χ2n) is 7.94. The Hall–Kier alpha value is -3.34. The highest BCUT2D eigenvalue weighted by atomic mass is 16.2. The number of aromatic amines is 1. The predicted molar refractivity (Wildman–Crippen MR) is 119 cm³/mol. The molecule has 0 fully saturated rings. The number of nitrogens with one attached hydrogen (secondary N) is 2. The van der Waals surface area contributed by atoms with Crippen LogP contribution in [-0.2, 0) is 22.4 Å². The number of para-hydroxylation sites is 1. The lowest BCUT2D eigenvalue weighted by Crippen LogP contribution is -2.60. The summed E-state index contributed by atoms with van der Waals surface area (Å²) in [5.41, 5.74) is 2.28. The number of fused-ring (bicyclic) bond motifs is 1. The van der Waals surface area contributed by atoms with Crippen molar-refractivity contribution in [1.29, 1.82) is 0 Å². The minimum Gasteiger partial charge on any atom is -0.361 e. The van der Waals surface area contributed by atoms with E-state index in [4.69, 9.17) is 0 Å². The molecule has 2 N–H and O–H groups in total. The minimum absolute atomic E-state index is 0.102. The largest absolute Gasteiger partial charge is 0.361 e. The number of H-pyrrole nitrogens is 1. The lowest BCUT2D eigenvalue weighted by atomic mass is 9.89. The van der Waals surface area contributed by atoms with E-state index in [1.54, 1.807) is 4.90 Å². The minimum atomic E-state index is -1.01. The van der Waals surface area contributed by atoms with Crippen LogP contribution in [0.1, 0.15) is 25.0 Å². The van der Waals surface area contributed by atoms with Crippen molar-refractivity contribution in [3.05, 3.63) is 84.1 Å². The van der Waals surface area contributed by atoms with Crippen LogP contribution in [0.4, 0.5) is 0 Å². The Kier molecular flexibility index (Phi) is 5.44. The second-order valence-corrected chi connectivity index (χ2v) is 7.94. The van der Waals surface area contributed by atoms with Gasteiger partial charge in [0.05, 0.1) is 0 Å². The summed E-state index contributed by atoms with van der Waals surface area (Å²) >= 11 is 0. The van der Waals surface area contributed by atoms with Gasteiger partial charge < -0.3 is 15.2 Å². The fraction of sp³-hybridized carbons (Fsp3) is 0.280. The Morgan fingerprint density at radius 2 is 1.83 bits per heavy atom. The van der Waals surface area contributed by atoms with Gasteiger partial charge in [0.1, 0.15) is 5.54 Å². The zero-order valence-corrected chi connectivity index (χ0v) is 17.4. The average Bonchev–Trinajstić information content (AvgIpc) is 3.30.